The molecule has 6 nitrogen and oxygen atoms in total. The molecule has 0 saturated carbocycles. The molecular weight excluding hydrogens is 214 g/mol. The van der Waals surface area contributed by atoms with Gasteiger partial charge >= 0.3 is 5.97 Å². The topological polar surface area (TPSA) is 88.4 Å². The maximum atomic E-state index is 10.3. The average Bonchev–Trinajstić information content (AvgIpc) is 2.27. The number of benzene rings is 1. The number of rotatable bonds is 5. The van der Waals surface area contributed by atoms with E-state index in [4.69, 9.17) is 19.8 Å². The first kappa shape index (κ1) is 11.8. The highest BCUT2D eigenvalue weighted by Gasteiger charge is 2.06. The maximum Gasteiger partial charge on any atom is 0.341 e. The van der Waals surface area contributed by atoms with Gasteiger partial charge < -0.3 is 19.8 Å². The van der Waals surface area contributed by atoms with E-state index in [2.05, 4.69) is 5.16 Å². The lowest BCUT2D eigenvalue weighted by molar-refractivity contribution is -0.139. The standard InChI is InChI=1S/C10H11NO5/c1-15-9-4-7(5-11-14)2-3-8(9)16-6-10(12)13/h2-5,14H,6H2,1H3,(H,12,13)/b11-5-. The molecule has 86 valence electrons. The molecule has 0 fully saturated rings. The number of carbonyl (C=O) groups is 1. The summed E-state index contributed by atoms with van der Waals surface area (Å²) < 4.78 is 9.99. The lowest BCUT2D eigenvalue weighted by Gasteiger charge is -2.09. The molecule has 0 radical (unpaired) electrons. The molecule has 1 aromatic rings. The Kier molecular flexibility index (Phi) is 4.14. The van der Waals surface area contributed by atoms with Crippen LogP contribution in [0, 0.1) is 0 Å². The van der Waals surface area contributed by atoms with Crippen molar-refractivity contribution in [2.75, 3.05) is 13.7 Å². The minimum atomic E-state index is -1.07. The molecule has 2 N–H and O–H groups in total. The highest BCUT2D eigenvalue weighted by molar-refractivity contribution is 5.80. The summed E-state index contributed by atoms with van der Waals surface area (Å²) in [5, 5.41) is 19.7. The number of carboxylic acid groups (broad SMARTS) is 1. The first-order valence-electron chi connectivity index (χ1n) is 4.37. The molecule has 0 unspecified atom stereocenters. The van der Waals surface area contributed by atoms with E-state index >= 15 is 0 Å². The summed E-state index contributed by atoms with van der Waals surface area (Å²) in [6.45, 7) is -0.441. The van der Waals surface area contributed by atoms with Gasteiger partial charge in [0, 0.05) is 5.56 Å². The van der Waals surface area contributed by atoms with Gasteiger partial charge in [-0.3, -0.25) is 0 Å². The van der Waals surface area contributed by atoms with Gasteiger partial charge in [0.1, 0.15) is 0 Å². The molecule has 1 aromatic carbocycles. The molecule has 0 bridgehead atoms. The van der Waals surface area contributed by atoms with Crippen molar-refractivity contribution in [2.45, 2.75) is 0 Å². The molecule has 0 spiro atoms. The zero-order chi connectivity index (χ0) is 12.0. The monoisotopic (exact) mass is 225 g/mol. The van der Waals surface area contributed by atoms with E-state index in [1.807, 2.05) is 0 Å². The molecule has 0 heterocycles. The van der Waals surface area contributed by atoms with Crippen molar-refractivity contribution in [3.05, 3.63) is 23.8 Å². The van der Waals surface area contributed by atoms with Crippen molar-refractivity contribution >= 4 is 12.2 Å². The van der Waals surface area contributed by atoms with E-state index < -0.39 is 12.6 Å². The molecule has 0 amide bonds. The molecule has 6 heteroatoms. The van der Waals surface area contributed by atoms with Crippen LogP contribution in [-0.2, 0) is 4.79 Å². The molecule has 0 aromatic heterocycles. The Bertz CT molecular complexity index is 402. The number of hydrogen-bond donors (Lipinski definition) is 2. The summed E-state index contributed by atoms with van der Waals surface area (Å²) in [6, 6.07) is 4.72. The van der Waals surface area contributed by atoms with Gasteiger partial charge in [-0.25, -0.2) is 4.79 Å². The minimum Gasteiger partial charge on any atom is -0.493 e. The summed E-state index contributed by atoms with van der Waals surface area (Å²) >= 11 is 0. The van der Waals surface area contributed by atoms with E-state index in [1.54, 1.807) is 18.2 Å². The largest absolute Gasteiger partial charge is 0.493 e. The smallest absolute Gasteiger partial charge is 0.341 e. The maximum absolute atomic E-state index is 10.3. The summed E-state index contributed by atoms with van der Waals surface area (Å²) in [5.41, 5.74) is 0.613. The molecule has 0 aliphatic heterocycles. The Balaban J connectivity index is 2.88. The van der Waals surface area contributed by atoms with Crippen molar-refractivity contribution in [1.82, 2.24) is 0 Å². The summed E-state index contributed by atoms with van der Waals surface area (Å²) in [5.74, 6) is -0.373. The lowest BCUT2D eigenvalue weighted by Crippen LogP contribution is -2.10. The van der Waals surface area contributed by atoms with E-state index in [9.17, 15) is 4.79 Å². The fourth-order valence-electron chi connectivity index (χ4n) is 1.09. The quantitative estimate of drug-likeness (QED) is 0.442. The van der Waals surface area contributed by atoms with E-state index in [0.29, 0.717) is 17.1 Å². The van der Waals surface area contributed by atoms with Crippen LogP contribution in [0.25, 0.3) is 0 Å². The van der Waals surface area contributed by atoms with Gasteiger partial charge in [0.2, 0.25) is 0 Å². The van der Waals surface area contributed by atoms with E-state index in [0.717, 1.165) is 0 Å². The number of hydrogen-bond acceptors (Lipinski definition) is 5. The number of methoxy groups -OCH3 is 1. The van der Waals surface area contributed by atoms with Crippen LogP contribution in [0.2, 0.25) is 0 Å². The number of aliphatic carboxylic acids is 1. The van der Waals surface area contributed by atoms with Crippen LogP contribution in [0.1, 0.15) is 5.56 Å². The van der Waals surface area contributed by atoms with Crippen LogP contribution >= 0.6 is 0 Å². The Morgan fingerprint density at radius 3 is 2.81 bits per heavy atom. The molecule has 0 aliphatic rings. The predicted octanol–water partition coefficient (Wildman–Crippen LogP) is 0.967. The highest BCUT2D eigenvalue weighted by Crippen LogP contribution is 2.27. The van der Waals surface area contributed by atoms with Crippen LogP contribution in [0.3, 0.4) is 0 Å². The van der Waals surface area contributed by atoms with Crippen LogP contribution in [-0.4, -0.2) is 36.2 Å². The van der Waals surface area contributed by atoms with E-state index in [-0.39, 0.29) is 0 Å². The second-order valence-corrected chi connectivity index (χ2v) is 2.84. The Labute approximate surface area is 91.7 Å². The number of oxime groups is 1. The zero-order valence-corrected chi connectivity index (χ0v) is 8.58. The Morgan fingerprint density at radius 1 is 1.50 bits per heavy atom. The van der Waals surface area contributed by atoms with Crippen LogP contribution in [0.5, 0.6) is 11.5 Å². The third-order valence-electron chi connectivity index (χ3n) is 1.75. The van der Waals surface area contributed by atoms with Crippen molar-refractivity contribution in [2.24, 2.45) is 5.16 Å². The fraction of sp³-hybridized carbons (Fsp3) is 0.200. The molecular formula is C10H11NO5. The molecule has 0 saturated heterocycles. The van der Waals surface area contributed by atoms with Gasteiger partial charge in [0.05, 0.1) is 13.3 Å². The minimum absolute atomic E-state index is 0.319. The second kappa shape index (κ2) is 5.59. The SMILES string of the molecule is COc1cc(/C=N\O)ccc1OCC(=O)O. The summed E-state index contributed by atoms with van der Waals surface area (Å²) in [7, 11) is 1.43. The Morgan fingerprint density at radius 2 is 2.25 bits per heavy atom. The number of carboxylic acids is 1. The van der Waals surface area contributed by atoms with Crippen LogP contribution in [0.15, 0.2) is 23.4 Å². The molecule has 0 atom stereocenters. The van der Waals surface area contributed by atoms with Gasteiger partial charge in [-0.2, -0.15) is 0 Å². The average molecular weight is 225 g/mol. The van der Waals surface area contributed by atoms with E-state index in [1.165, 1.54) is 13.3 Å². The zero-order valence-electron chi connectivity index (χ0n) is 8.58. The van der Waals surface area contributed by atoms with Crippen molar-refractivity contribution < 1.29 is 24.6 Å². The molecule has 16 heavy (non-hydrogen) atoms. The number of ether oxygens (including phenoxy) is 2. The van der Waals surface area contributed by atoms with Crippen LogP contribution < -0.4 is 9.47 Å². The third-order valence-corrected chi connectivity index (χ3v) is 1.75. The summed E-state index contributed by atoms with van der Waals surface area (Å²) in [6.07, 6.45) is 1.23. The van der Waals surface area contributed by atoms with Gasteiger partial charge in [0.25, 0.3) is 0 Å². The number of nitrogens with zero attached hydrogens (tertiary/aromatic N) is 1. The van der Waals surface area contributed by atoms with Gasteiger partial charge in [0.15, 0.2) is 18.1 Å². The second-order valence-electron chi connectivity index (χ2n) is 2.84. The highest BCUT2D eigenvalue weighted by atomic mass is 16.5. The van der Waals surface area contributed by atoms with Gasteiger partial charge in [-0.1, -0.05) is 5.16 Å². The first-order valence-corrected chi connectivity index (χ1v) is 4.37. The van der Waals surface area contributed by atoms with Crippen LogP contribution in [0.4, 0.5) is 0 Å². The van der Waals surface area contributed by atoms with Gasteiger partial charge in [-0.15, -0.1) is 0 Å². The van der Waals surface area contributed by atoms with Crippen molar-refractivity contribution in [3.63, 3.8) is 0 Å². The Hall–Kier alpha value is -2.24. The van der Waals surface area contributed by atoms with Crippen molar-refractivity contribution in [1.29, 1.82) is 0 Å². The molecule has 1 rings (SSSR count). The lowest BCUT2D eigenvalue weighted by atomic mass is 10.2. The van der Waals surface area contributed by atoms with Gasteiger partial charge in [-0.05, 0) is 18.2 Å². The van der Waals surface area contributed by atoms with Crippen molar-refractivity contribution in [3.8, 4) is 11.5 Å². The predicted molar refractivity (Wildman–Crippen MR) is 55.5 cm³/mol. The normalized spacial score (nSPS) is 10.3. The third kappa shape index (κ3) is 3.16. The first-order chi connectivity index (χ1) is 7.67. The summed E-state index contributed by atoms with van der Waals surface area (Å²) in [4.78, 5) is 10.3. The fourth-order valence-corrected chi connectivity index (χ4v) is 1.09. The molecule has 0 aliphatic carbocycles.